The van der Waals surface area contributed by atoms with Crippen LogP contribution in [0.15, 0.2) is 29.1 Å². The van der Waals surface area contributed by atoms with E-state index in [2.05, 4.69) is 65.0 Å². The van der Waals surface area contributed by atoms with E-state index >= 15 is 0 Å². The van der Waals surface area contributed by atoms with E-state index in [4.69, 9.17) is 22.1 Å². The van der Waals surface area contributed by atoms with Crippen LogP contribution in [0, 0.1) is 11.8 Å². The van der Waals surface area contributed by atoms with Gasteiger partial charge in [-0.05, 0) is 87.9 Å². The number of anilines is 1. The standard InChI is InChI=1S/C40H64N12O7/c1-5-6-21-58-39-49-34(42)33-35(50-39)52(40(57)48-33)23-29-12-10-28(11-13-29)22-51-19-15-27(16-20-51)14-18-45-37(55)30(9-7-8-17-44-31(53)24-59-43)47-36(54)26(4)46-38(56)32(41)25(2)3/h10-13,25-27,30,32H,5-9,14-24,41,43H2,1-4H3,(H,44,53)(H,45,55)(H,46,56)(H,47,54)(H,48,57)(H2,42,49,50)/t26-,30-,32-/m0/s1. The average Bonchev–Trinajstić information content (AvgIpc) is 3.52. The molecule has 0 saturated carbocycles. The number of piperidine rings is 1. The first-order valence-electron chi connectivity index (χ1n) is 20.7. The molecule has 0 unspecified atom stereocenters. The van der Waals surface area contributed by atoms with E-state index in [0.29, 0.717) is 62.6 Å². The lowest BCUT2D eigenvalue weighted by Gasteiger charge is -2.32. The van der Waals surface area contributed by atoms with Crippen LogP contribution in [0.4, 0.5) is 5.82 Å². The molecule has 0 aliphatic carbocycles. The van der Waals surface area contributed by atoms with E-state index in [-0.39, 0.29) is 41.9 Å². The second-order valence-electron chi connectivity index (χ2n) is 15.6. The van der Waals surface area contributed by atoms with Crippen molar-refractivity contribution in [2.75, 3.05) is 45.1 Å². The summed E-state index contributed by atoms with van der Waals surface area (Å²) < 4.78 is 7.19. The Morgan fingerprint density at radius 2 is 1.61 bits per heavy atom. The van der Waals surface area contributed by atoms with E-state index < -0.39 is 29.9 Å². The minimum atomic E-state index is -0.891. The van der Waals surface area contributed by atoms with E-state index in [0.717, 1.165) is 57.3 Å². The fourth-order valence-corrected chi connectivity index (χ4v) is 6.77. The van der Waals surface area contributed by atoms with Gasteiger partial charge >= 0.3 is 11.7 Å². The lowest BCUT2D eigenvalue weighted by molar-refractivity contribution is -0.132. The summed E-state index contributed by atoms with van der Waals surface area (Å²) in [6.45, 7) is 11.3. The highest BCUT2D eigenvalue weighted by Crippen LogP contribution is 2.23. The highest BCUT2D eigenvalue weighted by Gasteiger charge is 2.27. The smallest absolute Gasteiger partial charge is 0.328 e. The third-order valence-electron chi connectivity index (χ3n) is 10.6. The van der Waals surface area contributed by atoms with Gasteiger partial charge in [0.05, 0.1) is 19.2 Å². The van der Waals surface area contributed by atoms with Crippen molar-refractivity contribution in [1.29, 1.82) is 0 Å². The molecule has 3 aromatic rings. The minimum Gasteiger partial charge on any atom is -0.463 e. The highest BCUT2D eigenvalue weighted by molar-refractivity contribution is 5.92. The highest BCUT2D eigenvalue weighted by atomic mass is 16.6. The molecule has 0 radical (unpaired) electrons. The van der Waals surface area contributed by atoms with Crippen LogP contribution < -0.4 is 49.1 Å². The maximum Gasteiger partial charge on any atom is 0.328 e. The molecule has 1 aliphatic heterocycles. The van der Waals surface area contributed by atoms with Crippen LogP contribution in [0.1, 0.15) is 90.2 Å². The van der Waals surface area contributed by atoms with Crippen LogP contribution >= 0.6 is 0 Å². The number of hydrogen-bond donors (Lipinski definition) is 8. The van der Waals surface area contributed by atoms with Crippen molar-refractivity contribution in [1.82, 2.24) is 45.7 Å². The van der Waals surface area contributed by atoms with Gasteiger partial charge in [-0.15, -0.1) is 0 Å². The van der Waals surface area contributed by atoms with Crippen molar-refractivity contribution in [3.8, 4) is 6.01 Å². The third-order valence-corrected chi connectivity index (χ3v) is 10.6. The molecule has 19 heteroatoms. The van der Waals surface area contributed by atoms with E-state index in [9.17, 15) is 24.0 Å². The number of benzene rings is 1. The molecule has 1 saturated heterocycles. The number of amides is 4. The van der Waals surface area contributed by atoms with Crippen molar-refractivity contribution >= 4 is 40.6 Å². The first-order valence-corrected chi connectivity index (χ1v) is 20.7. The molecule has 1 aliphatic rings. The molecule has 59 heavy (non-hydrogen) atoms. The number of aromatic amines is 1. The molecule has 2 aromatic heterocycles. The fraction of sp³-hybridized carbons (Fsp3) is 0.625. The molecular weight excluding hydrogens is 761 g/mol. The summed E-state index contributed by atoms with van der Waals surface area (Å²) >= 11 is 0. The number of likely N-dealkylation sites (tertiary alicyclic amines) is 1. The number of rotatable bonds is 24. The van der Waals surface area contributed by atoms with Crippen LogP contribution in [0.5, 0.6) is 6.01 Å². The van der Waals surface area contributed by atoms with Gasteiger partial charge in [0, 0.05) is 19.6 Å². The van der Waals surface area contributed by atoms with Crippen molar-refractivity contribution in [3.63, 3.8) is 0 Å². The van der Waals surface area contributed by atoms with E-state index in [1.807, 2.05) is 26.0 Å². The number of carbonyl (C=O) groups excluding carboxylic acids is 4. The number of nitrogens with zero attached hydrogens (tertiary/aromatic N) is 4. The summed E-state index contributed by atoms with van der Waals surface area (Å²) in [5, 5.41) is 11.1. The first-order chi connectivity index (χ1) is 28.3. The number of nitrogen functional groups attached to an aromatic ring is 1. The van der Waals surface area contributed by atoms with Crippen LogP contribution in [0.25, 0.3) is 11.2 Å². The van der Waals surface area contributed by atoms with Crippen LogP contribution in [-0.2, 0) is 37.1 Å². The number of unbranched alkanes of at least 4 members (excludes halogenated alkanes) is 2. The van der Waals surface area contributed by atoms with Crippen LogP contribution in [0.2, 0.25) is 0 Å². The fourth-order valence-electron chi connectivity index (χ4n) is 6.77. The summed E-state index contributed by atoms with van der Waals surface area (Å²) in [7, 11) is 0. The van der Waals surface area contributed by atoms with Crippen LogP contribution in [0.3, 0.4) is 0 Å². The summed E-state index contributed by atoms with van der Waals surface area (Å²) in [5.41, 5.74) is 14.6. The van der Waals surface area contributed by atoms with E-state index in [1.54, 1.807) is 6.92 Å². The van der Waals surface area contributed by atoms with Crippen LogP contribution in [-0.4, -0.2) is 106 Å². The number of nitrogens with two attached hydrogens (primary N) is 3. The quantitative estimate of drug-likeness (QED) is 0.0459. The molecule has 0 bridgehead atoms. The molecule has 0 spiro atoms. The average molecular weight is 825 g/mol. The summed E-state index contributed by atoms with van der Waals surface area (Å²) in [5.74, 6) is 3.87. The minimum absolute atomic E-state index is 0.104. The number of ether oxygens (including phenoxy) is 1. The summed E-state index contributed by atoms with van der Waals surface area (Å²) in [6, 6.07) is 5.87. The Hall–Kier alpha value is -5.11. The van der Waals surface area contributed by atoms with Gasteiger partial charge in [-0.25, -0.2) is 10.7 Å². The van der Waals surface area contributed by atoms with Gasteiger partial charge in [-0.2, -0.15) is 9.97 Å². The summed E-state index contributed by atoms with van der Waals surface area (Å²) in [4.78, 5) is 81.5. The lowest BCUT2D eigenvalue weighted by atomic mass is 9.93. The molecule has 3 heterocycles. The summed E-state index contributed by atoms with van der Waals surface area (Å²) in [6.07, 6.45) is 6.07. The van der Waals surface area contributed by atoms with Crippen molar-refractivity contribution in [3.05, 3.63) is 45.9 Å². The Balaban J connectivity index is 1.23. The molecule has 3 atom stereocenters. The first kappa shape index (κ1) is 46.6. The number of aromatic nitrogens is 4. The van der Waals surface area contributed by atoms with Gasteiger partial charge in [0.2, 0.25) is 23.6 Å². The predicted octanol–water partition coefficient (Wildman–Crippen LogP) is 0.797. The molecule has 1 aromatic carbocycles. The van der Waals surface area contributed by atoms with Crippen molar-refractivity contribution < 1.29 is 28.8 Å². The molecular formula is C40H64N12O7. The van der Waals surface area contributed by atoms with Gasteiger partial charge in [0.15, 0.2) is 11.5 Å². The maximum atomic E-state index is 13.4. The number of nitrogens with one attached hydrogen (secondary N) is 5. The number of imidazole rings is 1. The van der Waals surface area contributed by atoms with E-state index in [1.165, 1.54) is 10.1 Å². The number of fused-ring (bicyclic) bond motifs is 1. The van der Waals surface area contributed by atoms with Crippen molar-refractivity contribution in [2.45, 2.75) is 110 Å². The number of H-pyrrole nitrogens is 1. The number of hydrogen-bond acceptors (Lipinski definition) is 13. The Morgan fingerprint density at radius 1 is 0.915 bits per heavy atom. The SMILES string of the molecule is CCCCOc1nc(N)c2[nH]c(=O)n(Cc3ccc(CN4CCC(CCNC(=O)[C@H](CCCCNC(=O)CON)NC(=O)[C@H](C)NC(=O)[C@@H](N)C(C)C)CC4)cc3)c2n1. The van der Waals surface area contributed by atoms with Gasteiger partial charge in [-0.3, -0.25) is 33.5 Å². The van der Waals surface area contributed by atoms with Gasteiger partial charge in [0.25, 0.3) is 0 Å². The Labute approximate surface area is 345 Å². The van der Waals surface area contributed by atoms with Gasteiger partial charge in [0.1, 0.15) is 24.2 Å². The largest absolute Gasteiger partial charge is 0.463 e. The third kappa shape index (κ3) is 14.6. The Morgan fingerprint density at radius 3 is 2.27 bits per heavy atom. The monoisotopic (exact) mass is 825 g/mol. The van der Waals surface area contributed by atoms with Crippen molar-refractivity contribution in [2.24, 2.45) is 23.5 Å². The second kappa shape index (κ2) is 23.5. The predicted molar refractivity (Wildman–Crippen MR) is 223 cm³/mol. The Kier molecular flexibility index (Phi) is 18.5. The molecule has 326 valence electrons. The lowest BCUT2D eigenvalue weighted by Crippen LogP contribution is -2.55. The molecule has 11 N–H and O–H groups in total. The maximum absolute atomic E-state index is 13.4. The topological polar surface area (TPSA) is 280 Å². The molecule has 4 rings (SSSR count). The molecule has 19 nitrogen and oxygen atoms in total. The Bertz CT molecular complexity index is 1870. The second-order valence-corrected chi connectivity index (χ2v) is 15.6. The zero-order chi connectivity index (χ0) is 42.9. The molecule has 1 fully saturated rings. The van der Waals surface area contributed by atoms with Gasteiger partial charge in [-0.1, -0.05) is 51.5 Å². The van der Waals surface area contributed by atoms with Gasteiger partial charge < -0.3 is 42.5 Å². The number of carbonyl (C=O) groups is 4. The zero-order valence-corrected chi connectivity index (χ0v) is 34.9. The molecule has 4 amide bonds. The normalized spacial score (nSPS) is 15.1. The zero-order valence-electron chi connectivity index (χ0n) is 34.9.